The maximum absolute atomic E-state index is 13.3. The van der Waals surface area contributed by atoms with Crippen molar-refractivity contribution in [2.24, 2.45) is 5.41 Å². The molecule has 2 fully saturated rings. The van der Waals surface area contributed by atoms with Crippen LogP contribution in [0.1, 0.15) is 37.7 Å². The number of aliphatic hydroxyl groups excluding tert-OH is 1. The zero-order valence-corrected chi connectivity index (χ0v) is 15.4. The van der Waals surface area contributed by atoms with Crippen LogP contribution in [0.25, 0.3) is 0 Å². The van der Waals surface area contributed by atoms with Crippen LogP contribution < -0.4 is 0 Å². The first kappa shape index (κ1) is 19.7. The Morgan fingerprint density at radius 3 is 2.56 bits per heavy atom. The predicted molar refractivity (Wildman–Crippen MR) is 95.8 cm³/mol. The Labute approximate surface area is 157 Å². The third kappa shape index (κ3) is 4.64. The fraction of sp³-hybridized carbons (Fsp3) is 0.600. The molecule has 0 saturated carbocycles. The molecule has 3 rings (SSSR count). The summed E-state index contributed by atoms with van der Waals surface area (Å²) in [5.74, 6) is -1.79. The predicted octanol–water partition coefficient (Wildman–Crippen LogP) is 2.12. The molecular formula is C20H26F2N2O3. The highest BCUT2D eigenvalue weighted by molar-refractivity contribution is 5.79. The molecule has 7 heteroatoms. The highest BCUT2D eigenvalue weighted by Gasteiger charge is 2.41. The lowest BCUT2D eigenvalue weighted by molar-refractivity contribution is -0.142. The van der Waals surface area contributed by atoms with Gasteiger partial charge in [-0.05, 0) is 48.8 Å². The lowest BCUT2D eigenvalue weighted by Crippen LogP contribution is -2.52. The van der Waals surface area contributed by atoms with Crippen molar-refractivity contribution in [3.05, 3.63) is 35.4 Å². The molecule has 1 aromatic rings. The van der Waals surface area contributed by atoms with Gasteiger partial charge in [-0.1, -0.05) is 6.07 Å². The number of benzene rings is 1. The van der Waals surface area contributed by atoms with Crippen LogP contribution in [0.15, 0.2) is 18.2 Å². The topological polar surface area (TPSA) is 60.9 Å². The second-order valence-corrected chi connectivity index (χ2v) is 7.70. The minimum atomic E-state index is -0.937. The molecule has 27 heavy (non-hydrogen) atoms. The number of likely N-dealkylation sites (tertiary alicyclic amines) is 2. The second kappa shape index (κ2) is 8.33. The van der Waals surface area contributed by atoms with Gasteiger partial charge in [0, 0.05) is 39.2 Å². The first-order chi connectivity index (χ1) is 12.9. The van der Waals surface area contributed by atoms with Gasteiger partial charge in [0.25, 0.3) is 0 Å². The normalized spacial score (nSPS) is 19.6. The van der Waals surface area contributed by atoms with E-state index in [4.69, 9.17) is 5.11 Å². The van der Waals surface area contributed by atoms with Gasteiger partial charge in [0.2, 0.25) is 11.8 Å². The van der Waals surface area contributed by atoms with Crippen molar-refractivity contribution in [2.45, 2.75) is 38.5 Å². The minimum Gasteiger partial charge on any atom is -0.396 e. The van der Waals surface area contributed by atoms with Crippen LogP contribution in [0.5, 0.6) is 0 Å². The van der Waals surface area contributed by atoms with Gasteiger partial charge >= 0.3 is 0 Å². The van der Waals surface area contributed by atoms with E-state index in [1.165, 1.54) is 6.07 Å². The molecule has 0 unspecified atom stereocenters. The van der Waals surface area contributed by atoms with E-state index in [0.717, 1.165) is 31.4 Å². The number of nitrogens with zero attached hydrogens (tertiary/aromatic N) is 2. The molecule has 0 aromatic heterocycles. The largest absolute Gasteiger partial charge is 0.396 e. The summed E-state index contributed by atoms with van der Waals surface area (Å²) >= 11 is 0. The number of amides is 2. The molecule has 148 valence electrons. The van der Waals surface area contributed by atoms with Crippen molar-refractivity contribution in [2.75, 3.05) is 32.8 Å². The molecule has 2 aliphatic heterocycles. The molecule has 2 saturated heterocycles. The van der Waals surface area contributed by atoms with Crippen molar-refractivity contribution in [3.63, 3.8) is 0 Å². The van der Waals surface area contributed by atoms with E-state index < -0.39 is 11.6 Å². The van der Waals surface area contributed by atoms with Gasteiger partial charge < -0.3 is 14.9 Å². The van der Waals surface area contributed by atoms with Crippen LogP contribution in [0.4, 0.5) is 8.78 Å². The summed E-state index contributed by atoms with van der Waals surface area (Å²) in [6.45, 7) is 2.57. The van der Waals surface area contributed by atoms with Crippen LogP contribution in [-0.2, 0) is 16.0 Å². The highest BCUT2D eigenvalue weighted by atomic mass is 19.2. The van der Waals surface area contributed by atoms with E-state index in [9.17, 15) is 18.4 Å². The summed E-state index contributed by atoms with van der Waals surface area (Å²) in [4.78, 5) is 28.2. The van der Waals surface area contributed by atoms with Crippen LogP contribution in [0, 0.1) is 17.0 Å². The van der Waals surface area contributed by atoms with Crippen LogP contribution in [-0.4, -0.2) is 59.5 Å². The Hall–Kier alpha value is -2.02. The lowest BCUT2D eigenvalue weighted by atomic mass is 9.72. The second-order valence-electron chi connectivity index (χ2n) is 7.70. The molecule has 0 bridgehead atoms. The van der Waals surface area contributed by atoms with Crippen LogP contribution in [0.3, 0.4) is 0 Å². The number of carbonyl (C=O) groups is 2. The average Bonchev–Trinajstić information content (AvgIpc) is 2.66. The SMILES string of the molecule is O=C(Cc1ccc(F)c(F)c1)N1CCC2(CCC(=O)N(CCCO)C2)CC1. The van der Waals surface area contributed by atoms with E-state index in [1.807, 2.05) is 4.90 Å². The van der Waals surface area contributed by atoms with E-state index in [0.29, 0.717) is 44.6 Å². The van der Waals surface area contributed by atoms with Crippen molar-refractivity contribution in [1.82, 2.24) is 9.80 Å². The number of halogens is 2. The summed E-state index contributed by atoms with van der Waals surface area (Å²) in [5.41, 5.74) is 0.514. The van der Waals surface area contributed by atoms with E-state index in [2.05, 4.69) is 0 Å². The Balaban J connectivity index is 1.55. The summed E-state index contributed by atoms with van der Waals surface area (Å²) in [7, 11) is 0. The minimum absolute atomic E-state index is 0.0438. The zero-order chi connectivity index (χ0) is 19.4. The average molecular weight is 380 g/mol. The first-order valence-corrected chi connectivity index (χ1v) is 9.53. The summed E-state index contributed by atoms with van der Waals surface area (Å²) in [6.07, 6.45) is 3.67. The molecule has 2 amide bonds. The molecule has 1 N–H and O–H groups in total. The van der Waals surface area contributed by atoms with Gasteiger partial charge in [-0.25, -0.2) is 8.78 Å². The first-order valence-electron chi connectivity index (χ1n) is 9.53. The molecular weight excluding hydrogens is 354 g/mol. The Morgan fingerprint density at radius 1 is 1.15 bits per heavy atom. The summed E-state index contributed by atoms with van der Waals surface area (Å²) < 4.78 is 26.3. The molecule has 1 aromatic carbocycles. The molecule has 0 radical (unpaired) electrons. The maximum atomic E-state index is 13.3. The molecule has 0 aliphatic carbocycles. The van der Waals surface area contributed by atoms with E-state index >= 15 is 0 Å². The van der Waals surface area contributed by atoms with E-state index in [-0.39, 0.29) is 30.3 Å². The standard InChI is InChI=1S/C20H26F2N2O3/c21-16-3-2-15(12-17(16)22)13-19(27)23-9-6-20(7-10-23)5-4-18(26)24(14-20)8-1-11-25/h2-3,12,25H,1,4-11,13-14H2. The molecule has 5 nitrogen and oxygen atoms in total. The maximum Gasteiger partial charge on any atom is 0.226 e. The lowest BCUT2D eigenvalue weighted by Gasteiger charge is -2.47. The van der Waals surface area contributed by atoms with Crippen molar-refractivity contribution >= 4 is 11.8 Å². The molecule has 2 aliphatic rings. The van der Waals surface area contributed by atoms with Gasteiger partial charge in [-0.2, -0.15) is 0 Å². The Bertz CT molecular complexity index is 702. The van der Waals surface area contributed by atoms with Crippen LogP contribution in [0.2, 0.25) is 0 Å². The monoisotopic (exact) mass is 380 g/mol. The van der Waals surface area contributed by atoms with Crippen molar-refractivity contribution in [1.29, 1.82) is 0 Å². The van der Waals surface area contributed by atoms with Crippen molar-refractivity contribution < 1.29 is 23.5 Å². The molecule has 1 spiro atoms. The third-order valence-corrected chi connectivity index (χ3v) is 5.85. The molecule has 2 heterocycles. The van der Waals surface area contributed by atoms with Crippen molar-refractivity contribution in [3.8, 4) is 0 Å². The summed E-state index contributed by atoms with van der Waals surface area (Å²) in [6, 6.07) is 3.56. The van der Waals surface area contributed by atoms with Gasteiger partial charge in [0.1, 0.15) is 0 Å². The number of carbonyl (C=O) groups excluding carboxylic acids is 2. The number of hydrogen-bond donors (Lipinski definition) is 1. The quantitative estimate of drug-likeness (QED) is 0.851. The fourth-order valence-corrected chi connectivity index (χ4v) is 4.14. The summed E-state index contributed by atoms with van der Waals surface area (Å²) in [5, 5.41) is 9.01. The Kier molecular flexibility index (Phi) is 6.09. The van der Waals surface area contributed by atoms with Gasteiger partial charge in [-0.15, -0.1) is 0 Å². The van der Waals surface area contributed by atoms with Gasteiger partial charge in [0.05, 0.1) is 6.42 Å². The van der Waals surface area contributed by atoms with E-state index in [1.54, 1.807) is 4.90 Å². The Morgan fingerprint density at radius 2 is 1.89 bits per heavy atom. The molecule has 0 atom stereocenters. The third-order valence-electron chi connectivity index (χ3n) is 5.85. The van der Waals surface area contributed by atoms with Gasteiger partial charge in [-0.3, -0.25) is 9.59 Å². The number of piperidine rings is 2. The fourth-order valence-electron chi connectivity index (χ4n) is 4.14. The zero-order valence-electron chi connectivity index (χ0n) is 15.4. The smallest absolute Gasteiger partial charge is 0.226 e. The number of aliphatic hydroxyl groups is 1. The van der Waals surface area contributed by atoms with Crippen LogP contribution >= 0.6 is 0 Å². The number of rotatable bonds is 5. The number of hydrogen-bond acceptors (Lipinski definition) is 3. The highest BCUT2D eigenvalue weighted by Crippen LogP contribution is 2.40. The van der Waals surface area contributed by atoms with Gasteiger partial charge in [0.15, 0.2) is 11.6 Å².